The number of carbonyl (C=O) groups is 1. The summed E-state index contributed by atoms with van der Waals surface area (Å²) in [5.41, 5.74) is 3.49. The van der Waals surface area contributed by atoms with E-state index in [4.69, 9.17) is 0 Å². The van der Waals surface area contributed by atoms with Crippen molar-refractivity contribution in [2.75, 3.05) is 0 Å². The lowest BCUT2D eigenvalue weighted by Gasteiger charge is -2.36. The summed E-state index contributed by atoms with van der Waals surface area (Å²) in [5, 5.41) is 9.63. The van der Waals surface area contributed by atoms with Gasteiger partial charge in [0.2, 0.25) is 0 Å². The van der Waals surface area contributed by atoms with Crippen molar-refractivity contribution in [3.05, 3.63) is 11.1 Å². The van der Waals surface area contributed by atoms with Crippen LogP contribution < -0.4 is 0 Å². The van der Waals surface area contributed by atoms with Crippen LogP contribution in [0.4, 0.5) is 0 Å². The molecule has 22 heavy (non-hydrogen) atoms. The summed E-state index contributed by atoms with van der Waals surface area (Å²) in [4.78, 5) is 11.7. The molecule has 0 radical (unpaired) electrons. The molecule has 0 aromatic carbocycles. The Labute approximate surface area is 134 Å². The normalized spacial score (nSPS) is 37.0. The fraction of sp³-hybridized carbons (Fsp3) is 0.850. The number of allylic oxidation sites excluding steroid dienone is 2. The van der Waals surface area contributed by atoms with Crippen molar-refractivity contribution in [3.63, 3.8) is 0 Å². The van der Waals surface area contributed by atoms with Gasteiger partial charge in [-0.15, -0.1) is 0 Å². The number of carboxylic acids is 1. The fourth-order valence-corrected chi connectivity index (χ4v) is 6.29. The minimum absolute atomic E-state index is 0.0609. The Balaban J connectivity index is 1.67. The molecule has 0 aromatic heterocycles. The van der Waals surface area contributed by atoms with E-state index in [2.05, 4.69) is 0 Å². The molecule has 4 aliphatic carbocycles. The SMILES string of the molecule is O=C(O)C1CC2CC1C(C1CCCCC1)=C2C1CCCCC1. The first kappa shape index (κ1) is 14.8. The van der Waals surface area contributed by atoms with Gasteiger partial charge in [0.05, 0.1) is 5.92 Å². The third kappa shape index (κ3) is 2.43. The number of rotatable bonds is 3. The fourth-order valence-electron chi connectivity index (χ4n) is 6.29. The second kappa shape index (κ2) is 6.02. The van der Waals surface area contributed by atoms with E-state index in [-0.39, 0.29) is 5.92 Å². The molecule has 4 aliphatic rings. The van der Waals surface area contributed by atoms with E-state index in [0.29, 0.717) is 11.8 Å². The molecular formula is C20H30O2. The number of hydrogen-bond donors (Lipinski definition) is 1. The Hall–Kier alpha value is -0.790. The Bertz CT molecular complexity index is 466. The van der Waals surface area contributed by atoms with Gasteiger partial charge < -0.3 is 5.11 Å². The van der Waals surface area contributed by atoms with Gasteiger partial charge >= 0.3 is 5.97 Å². The predicted molar refractivity (Wildman–Crippen MR) is 87.5 cm³/mol. The van der Waals surface area contributed by atoms with E-state index < -0.39 is 5.97 Å². The van der Waals surface area contributed by atoms with E-state index in [1.54, 1.807) is 11.1 Å². The molecule has 0 amide bonds. The van der Waals surface area contributed by atoms with E-state index in [1.807, 2.05) is 0 Å². The summed E-state index contributed by atoms with van der Waals surface area (Å²) in [6, 6.07) is 0. The van der Waals surface area contributed by atoms with Gasteiger partial charge in [-0.25, -0.2) is 0 Å². The lowest BCUT2D eigenvalue weighted by molar-refractivity contribution is -0.142. The minimum atomic E-state index is -0.525. The standard InChI is InChI=1S/C20H30O2/c21-20(22)17-12-15-11-16(17)19(14-9-5-2-6-10-14)18(15)13-7-3-1-4-8-13/h13-17H,1-12H2,(H,21,22). The third-order valence-corrected chi connectivity index (χ3v) is 7.14. The van der Waals surface area contributed by atoms with Crippen molar-refractivity contribution in [1.29, 1.82) is 0 Å². The van der Waals surface area contributed by atoms with E-state index in [0.717, 1.165) is 18.3 Å². The molecule has 1 N–H and O–H groups in total. The van der Waals surface area contributed by atoms with Crippen LogP contribution in [0.25, 0.3) is 0 Å². The van der Waals surface area contributed by atoms with Crippen LogP contribution in [-0.2, 0) is 4.79 Å². The van der Waals surface area contributed by atoms with E-state index in [9.17, 15) is 9.90 Å². The summed E-state index contributed by atoms with van der Waals surface area (Å²) < 4.78 is 0. The summed E-state index contributed by atoms with van der Waals surface area (Å²) in [6.45, 7) is 0. The molecular weight excluding hydrogens is 272 g/mol. The lowest BCUT2D eigenvalue weighted by Crippen LogP contribution is -2.29. The molecule has 0 saturated heterocycles. The highest BCUT2D eigenvalue weighted by Gasteiger charge is 2.51. The molecule has 2 heteroatoms. The molecule has 3 atom stereocenters. The Morgan fingerprint density at radius 3 is 1.82 bits per heavy atom. The van der Waals surface area contributed by atoms with Crippen LogP contribution in [0.3, 0.4) is 0 Å². The molecule has 2 nitrogen and oxygen atoms in total. The number of aliphatic carboxylic acids is 1. The topological polar surface area (TPSA) is 37.3 Å². The first-order valence-corrected chi connectivity index (χ1v) is 9.72. The largest absolute Gasteiger partial charge is 0.481 e. The maximum Gasteiger partial charge on any atom is 0.307 e. The van der Waals surface area contributed by atoms with Crippen molar-refractivity contribution in [2.45, 2.75) is 77.0 Å². The van der Waals surface area contributed by atoms with Gasteiger partial charge in [-0.05, 0) is 62.2 Å². The Morgan fingerprint density at radius 2 is 1.27 bits per heavy atom. The van der Waals surface area contributed by atoms with Gasteiger partial charge in [-0.3, -0.25) is 4.79 Å². The first-order valence-electron chi connectivity index (χ1n) is 9.72. The molecule has 3 saturated carbocycles. The Morgan fingerprint density at radius 1 is 0.727 bits per heavy atom. The summed E-state index contributed by atoms with van der Waals surface area (Å²) >= 11 is 0. The summed E-state index contributed by atoms with van der Waals surface area (Å²) in [6.07, 6.45) is 15.9. The maximum atomic E-state index is 11.7. The predicted octanol–water partition coefficient (Wildman–Crippen LogP) is 5.18. The third-order valence-electron chi connectivity index (χ3n) is 7.14. The average Bonchev–Trinajstić information content (AvgIpc) is 3.15. The van der Waals surface area contributed by atoms with E-state index in [1.165, 1.54) is 70.6 Å². The van der Waals surface area contributed by atoms with Crippen LogP contribution in [-0.4, -0.2) is 11.1 Å². The van der Waals surface area contributed by atoms with Gasteiger partial charge in [0.1, 0.15) is 0 Å². The smallest absolute Gasteiger partial charge is 0.307 e. The highest BCUT2D eigenvalue weighted by atomic mass is 16.4. The first-order chi connectivity index (χ1) is 10.8. The highest BCUT2D eigenvalue weighted by molar-refractivity contribution is 5.72. The van der Waals surface area contributed by atoms with Gasteiger partial charge in [0, 0.05) is 0 Å². The van der Waals surface area contributed by atoms with Crippen LogP contribution in [0.5, 0.6) is 0 Å². The molecule has 122 valence electrons. The summed E-state index contributed by atoms with van der Waals surface area (Å²) in [5.74, 6) is 2.00. The number of hydrogen-bond acceptors (Lipinski definition) is 1. The Kier molecular flexibility index (Phi) is 4.04. The quantitative estimate of drug-likeness (QED) is 0.729. The van der Waals surface area contributed by atoms with Crippen LogP contribution in [0.1, 0.15) is 77.0 Å². The minimum Gasteiger partial charge on any atom is -0.481 e. The molecule has 4 rings (SSSR count). The van der Waals surface area contributed by atoms with Crippen molar-refractivity contribution in [1.82, 2.24) is 0 Å². The van der Waals surface area contributed by atoms with Crippen molar-refractivity contribution >= 4 is 5.97 Å². The molecule has 2 bridgehead atoms. The number of fused-ring (bicyclic) bond motifs is 2. The number of carboxylic acid groups (broad SMARTS) is 1. The van der Waals surface area contributed by atoms with Crippen LogP contribution >= 0.6 is 0 Å². The second-order valence-corrected chi connectivity index (χ2v) is 8.30. The maximum absolute atomic E-state index is 11.7. The van der Waals surface area contributed by atoms with Crippen molar-refractivity contribution in [3.8, 4) is 0 Å². The van der Waals surface area contributed by atoms with Crippen molar-refractivity contribution in [2.24, 2.45) is 29.6 Å². The van der Waals surface area contributed by atoms with Crippen LogP contribution in [0, 0.1) is 29.6 Å². The average molecular weight is 302 g/mol. The molecule has 0 aromatic rings. The molecule has 0 aliphatic heterocycles. The monoisotopic (exact) mass is 302 g/mol. The van der Waals surface area contributed by atoms with Gasteiger partial charge in [-0.1, -0.05) is 49.7 Å². The molecule has 0 heterocycles. The van der Waals surface area contributed by atoms with Crippen molar-refractivity contribution < 1.29 is 9.90 Å². The lowest BCUT2D eigenvalue weighted by atomic mass is 9.68. The molecule has 3 unspecified atom stereocenters. The van der Waals surface area contributed by atoms with Crippen LogP contribution in [0.2, 0.25) is 0 Å². The van der Waals surface area contributed by atoms with Gasteiger partial charge in [-0.2, -0.15) is 0 Å². The molecule has 0 spiro atoms. The van der Waals surface area contributed by atoms with Gasteiger partial charge in [0.15, 0.2) is 0 Å². The summed E-state index contributed by atoms with van der Waals surface area (Å²) in [7, 11) is 0. The van der Waals surface area contributed by atoms with Crippen LogP contribution in [0.15, 0.2) is 11.1 Å². The zero-order valence-electron chi connectivity index (χ0n) is 13.7. The zero-order chi connectivity index (χ0) is 15.1. The van der Waals surface area contributed by atoms with E-state index >= 15 is 0 Å². The highest BCUT2D eigenvalue weighted by Crippen LogP contribution is 2.59. The van der Waals surface area contributed by atoms with Gasteiger partial charge in [0.25, 0.3) is 0 Å². The second-order valence-electron chi connectivity index (χ2n) is 8.30. The molecule has 3 fully saturated rings. The zero-order valence-corrected chi connectivity index (χ0v) is 13.7.